The van der Waals surface area contributed by atoms with Gasteiger partial charge in [-0.15, -0.1) is 5.10 Å². The number of fused-ring (bicyclic) bond motifs is 1. The molecular formula is C32H36N6O. The molecule has 1 N–H and O–H groups in total. The van der Waals surface area contributed by atoms with Crippen LogP contribution in [0.3, 0.4) is 0 Å². The monoisotopic (exact) mass is 520 g/mol. The van der Waals surface area contributed by atoms with Crippen LogP contribution in [-0.2, 0) is 25.9 Å². The van der Waals surface area contributed by atoms with E-state index in [4.69, 9.17) is 0 Å². The Kier molecular flexibility index (Phi) is 8.27. The number of tetrazole rings is 1. The van der Waals surface area contributed by atoms with Gasteiger partial charge in [0.15, 0.2) is 5.82 Å². The number of aromatic amines is 1. The van der Waals surface area contributed by atoms with Crippen LogP contribution in [0, 0.1) is 13.8 Å². The van der Waals surface area contributed by atoms with Crippen LogP contribution >= 0.6 is 0 Å². The molecule has 0 bridgehead atoms. The molecule has 2 aromatic heterocycles. The van der Waals surface area contributed by atoms with E-state index in [9.17, 15) is 4.79 Å². The summed E-state index contributed by atoms with van der Waals surface area (Å²) in [6.07, 6.45) is 2.54. The minimum absolute atomic E-state index is 0.0336. The maximum atomic E-state index is 13.3. The van der Waals surface area contributed by atoms with Gasteiger partial charge in [0.2, 0.25) is 0 Å². The number of rotatable bonds is 11. The average Bonchev–Trinajstić information content (AvgIpc) is 3.41. The van der Waals surface area contributed by atoms with Gasteiger partial charge in [0.25, 0.3) is 5.56 Å². The summed E-state index contributed by atoms with van der Waals surface area (Å²) < 4.78 is 1.92. The summed E-state index contributed by atoms with van der Waals surface area (Å²) in [6.45, 7) is 8.30. The van der Waals surface area contributed by atoms with Crippen LogP contribution in [0.4, 0.5) is 0 Å². The van der Waals surface area contributed by atoms with Gasteiger partial charge in [-0.3, -0.25) is 9.69 Å². The normalized spacial score (nSPS) is 12.3. The molecule has 0 amide bonds. The van der Waals surface area contributed by atoms with Gasteiger partial charge < -0.3 is 4.98 Å². The molecule has 0 saturated heterocycles. The highest BCUT2D eigenvalue weighted by Crippen LogP contribution is 2.26. The molecule has 3 aromatic carbocycles. The molecule has 5 aromatic rings. The van der Waals surface area contributed by atoms with E-state index >= 15 is 0 Å². The lowest BCUT2D eigenvalue weighted by atomic mass is 10.0. The van der Waals surface area contributed by atoms with Gasteiger partial charge >= 0.3 is 0 Å². The first-order chi connectivity index (χ1) is 19.0. The number of H-pyrrole nitrogens is 1. The van der Waals surface area contributed by atoms with Crippen LogP contribution in [0.25, 0.3) is 10.9 Å². The fourth-order valence-corrected chi connectivity index (χ4v) is 5.41. The second kappa shape index (κ2) is 12.2. The Morgan fingerprint density at radius 3 is 2.31 bits per heavy atom. The number of hydrogen-bond donors (Lipinski definition) is 1. The summed E-state index contributed by atoms with van der Waals surface area (Å²) in [5, 5.41) is 14.0. The molecule has 39 heavy (non-hydrogen) atoms. The summed E-state index contributed by atoms with van der Waals surface area (Å²) in [4.78, 5) is 18.8. The summed E-state index contributed by atoms with van der Waals surface area (Å²) in [5.41, 5.74) is 6.41. The molecule has 0 saturated carbocycles. The van der Waals surface area contributed by atoms with Crippen LogP contribution in [0.5, 0.6) is 0 Å². The van der Waals surface area contributed by atoms with Crippen LogP contribution < -0.4 is 5.56 Å². The van der Waals surface area contributed by atoms with E-state index in [2.05, 4.69) is 107 Å². The van der Waals surface area contributed by atoms with Crippen molar-refractivity contribution in [3.05, 3.63) is 123 Å². The molecule has 1 atom stereocenters. The highest BCUT2D eigenvalue weighted by molar-refractivity contribution is 5.83. The second-order valence-corrected chi connectivity index (χ2v) is 10.3. The minimum atomic E-state index is -0.0456. The van der Waals surface area contributed by atoms with Crippen LogP contribution in [0.2, 0.25) is 0 Å². The minimum Gasteiger partial charge on any atom is -0.322 e. The van der Waals surface area contributed by atoms with Crippen molar-refractivity contribution in [2.75, 3.05) is 6.54 Å². The topological polar surface area (TPSA) is 79.7 Å². The first-order valence-electron chi connectivity index (χ1n) is 13.7. The standard InChI is InChI=1S/C32H36N6O/c1-4-30(31-34-35-36-38(31)18-16-26-13-9-6-10-14-26)37(17-15-25-11-7-5-8-12-25)22-27-21-28-24(3)19-23(2)20-29(28)33-32(27)39/h5-14,19-21,30H,4,15-18,22H2,1-3H3,(H,33,39). The molecule has 1 unspecified atom stereocenters. The lowest BCUT2D eigenvalue weighted by molar-refractivity contribution is 0.171. The second-order valence-electron chi connectivity index (χ2n) is 10.3. The number of aromatic nitrogens is 5. The first-order valence-corrected chi connectivity index (χ1v) is 13.7. The number of nitrogens with zero attached hydrogens (tertiary/aromatic N) is 5. The SMILES string of the molecule is CCC(c1nnnn1CCc1ccccc1)N(CCc1ccccc1)Cc1cc2c(C)cc(C)cc2[nH]c1=O. The third kappa shape index (κ3) is 6.32. The van der Waals surface area contributed by atoms with Gasteiger partial charge in [-0.05, 0) is 77.9 Å². The zero-order valence-corrected chi connectivity index (χ0v) is 23.0. The Morgan fingerprint density at radius 2 is 1.62 bits per heavy atom. The Morgan fingerprint density at radius 1 is 0.923 bits per heavy atom. The molecule has 0 aliphatic carbocycles. The van der Waals surface area contributed by atoms with Gasteiger partial charge in [0, 0.05) is 36.1 Å². The summed E-state index contributed by atoms with van der Waals surface area (Å²) in [7, 11) is 0. The number of hydrogen-bond acceptors (Lipinski definition) is 5. The third-order valence-electron chi connectivity index (χ3n) is 7.43. The lowest BCUT2D eigenvalue weighted by Crippen LogP contribution is -2.34. The van der Waals surface area contributed by atoms with Gasteiger partial charge in [-0.1, -0.05) is 73.7 Å². The first kappa shape index (κ1) is 26.5. The van der Waals surface area contributed by atoms with Gasteiger partial charge in [-0.2, -0.15) is 0 Å². The maximum absolute atomic E-state index is 13.3. The predicted molar refractivity (Wildman–Crippen MR) is 156 cm³/mol. The zero-order valence-electron chi connectivity index (χ0n) is 23.0. The van der Waals surface area contributed by atoms with E-state index in [1.54, 1.807) is 0 Å². The highest BCUT2D eigenvalue weighted by atomic mass is 16.1. The molecule has 0 fully saturated rings. The van der Waals surface area contributed by atoms with Crippen molar-refractivity contribution in [3.8, 4) is 0 Å². The van der Waals surface area contributed by atoms with Crippen molar-refractivity contribution in [1.82, 2.24) is 30.1 Å². The highest BCUT2D eigenvalue weighted by Gasteiger charge is 2.26. The zero-order chi connectivity index (χ0) is 27.2. The van der Waals surface area contributed by atoms with Gasteiger partial charge in [0.1, 0.15) is 0 Å². The smallest absolute Gasteiger partial charge is 0.252 e. The molecule has 7 nitrogen and oxygen atoms in total. The quantitative estimate of drug-likeness (QED) is 0.246. The van der Waals surface area contributed by atoms with E-state index in [0.29, 0.717) is 13.1 Å². The van der Waals surface area contributed by atoms with Gasteiger partial charge in [-0.25, -0.2) is 4.68 Å². The fraction of sp³-hybridized carbons (Fsp3) is 0.312. The Hall–Kier alpha value is -4.10. The summed E-state index contributed by atoms with van der Waals surface area (Å²) >= 11 is 0. The Balaban J connectivity index is 1.46. The van der Waals surface area contributed by atoms with Crippen molar-refractivity contribution in [2.45, 2.75) is 59.2 Å². The molecule has 7 heteroatoms. The molecule has 0 aliphatic heterocycles. The van der Waals surface area contributed by atoms with Crippen molar-refractivity contribution in [1.29, 1.82) is 0 Å². The van der Waals surface area contributed by atoms with Crippen LogP contribution in [-0.4, -0.2) is 36.6 Å². The number of pyridine rings is 1. The van der Waals surface area contributed by atoms with Crippen LogP contribution in [0.15, 0.2) is 83.7 Å². The number of nitrogens with one attached hydrogen (secondary N) is 1. The molecule has 200 valence electrons. The molecule has 2 heterocycles. The fourth-order valence-electron chi connectivity index (χ4n) is 5.41. The average molecular weight is 521 g/mol. The lowest BCUT2D eigenvalue weighted by Gasteiger charge is -2.30. The number of benzene rings is 3. The Labute approximate surface area is 229 Å². The molecule has 5 rings (SSSR count). The van der Waals surface area contributed by atoms with E-state index in [1.807, 2.05) is 22.9 Å². The summed E-state index contributed by atoms with van der Waals surface area (Å²) in [6, 6.07) is 27.1. The van der Waals surface area contributed by atoms with Crippen molar-refractivity contribution < 1.29 is 0 Å². The largest absolute Gasteiger partial charge is 0.322 e. The van der Waals surface area contributed by atoms with Crippen molar-refractivity contribution in [2.24, 2.45) is 0 Å². The summed E-state index contributed by atoms with van der Waals surface area (Å²) in [5.74, 6) is 0.838. The Bertz CT molecular complexity index is 1580. The molecule has 0 spiro atoms. The predicted octanol–water partition coefficient (Wildman–Crippen LogP) is 5.57. The molecule has 0 aliphatic rings. The molecule has 0 radical (unpaired) electrons. The van der Waals surface area contributed by atoms with E-state index in [1.165, 1.54) is 11.1 Å². The van der Waals surface area contributed by atoms with E-state index < -0.39 is 0 Å². The van der Waals surface area contributed by atoms with Crippen molar-refractivity contribution >= 4 is 10.9 Å². The van der Waals surface area contributed by atoms with Crippen molar-refractivity contribution in [3.63, 3.8) is 0 Å². The maximum Gasteiger partial charge on any atom is 0.252 e. The van der Waals surface area contributed by atoms with E-state index in [0.717, 1.165) is 59.2 Å². The third-order valence-corrected chi connectivity index (χ3v) is 7.43. The van der Waals surface area contributed by atoms with E-state index in [-0.39, 0.29) is 11.6 Å². The van der Waals surface area contributed by atoms with Crippen LogP contribution in [0.1, 0.15) is 53.0 Å². The molecular weight excluding hydrogens is 484 g/mol. The van der Waals surface area contributed by atoms with Gasteiger partial charge in [0.05, 0.1) is 6.04 Å². The number of aryl methyl sites for hydroxylation is 4.